The molecule has 1 aliphatic rings. The normalized spacial score (nSPS) is 15.6. The first-order valence-corrected chi connectivity index (χ1v) is 12.4. The molecule has 36 heavy (non-hydrogen) atoms. The van der Waals surface area contributed by atoms with E-state index in [2.05, 4.69) is 19.9 Å². The van der Waals surface area contributed by atoms with Crippen LogP contribution in [0.2, 0.25) is 0 Å². The first-order valence-electron chi connectivity index (χ1n) is 11.1. The van der Waals surface area contributed by atoms with E-state index in [-0.39, 0.29) is 28.4 Å². The van der Waals surface area contributed by atoms with Gasteiger partial charge in [0.25, 0.3) is 5.03 Å². The van der Waals surface area contributed by atoms with E-state index in [0.29, 0.717) is 34.6 Å². The maximum Gasteiger partial charge on any atom is 0.458 e. The van der Waals surface area contributed by atoms with Crippen molar-refractivity contribution in [1.29, 1.82) is 0 Å². The van der Waals surface area contributed by atoms with Gasteiger partial charge in [0.2, 0.25) is 0 Å². The highest BCUT2D eigenvalue weighted by Crippen LogP contribution is 2.44. The molecule has 1 saturated carbocycles. The summed E-state index contributed by atoms with van der Waals surface area (Å²) in [6.07, 6.45) is -1.38. The Bertz CT molecular complexity index is 1440. The zero-order valence-corrected chi connectivity index (χ0v) is 20.3. The van der Waals surface area contributed by atoms with Crippen molar-refractivity contribution in [3.05, 3.63) is 41.9 Å². The van der Waals surface area contributed by atoms with Gasteiger partial charge in [-0.25, -0.2) is 15.0 Å². The van der Waals surface area contributed by atoms with Gasteiger partial charge in [0, 0.05) is 54.8 Å². The van der Waals surface area contributed by atoms with Gasteiger partial charge in [0.05, 0.1) is 5.56 Å². The minimum atomic E-state index is -5.77. The van der Waals surface area contributed by atoms with Crippen molar-refractivity contribution < 1.29 is 26.5 Å². The molecule has 0 spiro atoms. The number of pyridine rings is 2. The molecule has 5 rings (SSSR count). The van der Waals surface area contributed by atoms with Gasteiger partial charge in [-0.15, -0.1) is 0 Å². The third-order valence-corrected chi connectivity index (χ3v) is 7.62. The van der Waals surface area contributed by atoms with Crippen molar-refractivity contribution in [3.8, 4) is 22.9 Å². The van der Waals surface area contributed by atoms with E-state index in [1.165, 1.54) is 11.6 Å². The molecule has 1 fully saturated rings. The highest BCUT2D eigenvalue weighted by atomic mass is 32.2. The number of halogens is 5. The van der Waals surface area contributed by atoms with Gasteiger partial charge in [0.1, 0.15) is 17.1 Å². The number of fused-ring (bicyclic) bond motifs is 1. The van der Waals surface area contributed by atoms with Crippen LogP contribution >= 0.6 is 0 Å². The quantitative estimate of drug-likeness (QED) is 0.259. The Morgan fingerprint density at radius 3 is 2.31 bits per heavy atom. The van der Waals surface area contributed by atoms with Gasteiger partial charge in [-0.1, -0.05) is 0 Å². The number of alkyl halides is 5. The van der Waals surface area contributed by atoms with Crippen LogP contribution in [-0.2, 0) is 31.2 Å². The minimum Gasteiger partial charge on any atom is -0.610 e. The maximum absolute atomic E-state index is 13.9. The second-order valence-electron chi connectivity index (χ2n) is 8.66. The van der Waals surface area contributed by atoms with E-state index in [4.69, 9.17) is 0 Å². The average Bonchev–Trinajstić information content (AvgIpc) is 3.57. The standard InChI is InChI=1S/C23H21F5N6OS/c1-4-36(35)21-17(32-18(34(21)3)13-7-8-15(29-10-13)12-5-6-12)20-31-16-9-14(11-30-19(16)33(20)2)22(24,25)23(26,27)28/h7-12H,4-6H2,1-3H3. The molecule has 0 amide bonds. The number of aromatic nitrogens is 6. The molecular weight excluding hydrogens is 503 g/mol. The summed E-state index contributed by atoms with van der Waals surface area (Å²) in [4.78, 5) is 17.3. The smallest absolute Gasteiger partial charge is 0.458 e. The predicted molar refractivity (Wildman–Crippen MR) is 123 cm³/mol. The van der Waals surface area contributed by atoms with E-state index < -0.39 is 28.8 Å². The molecule has 0 radical (unpaired) electrons. The van der Waals surface area contributed by atoms with Crippen LogP contribution in [0.3, 0.4) is 0 Å². The zero-order chi connectivity index (χ0) is 26.0. The lowest BCUT2D eigenvalue weighted by atomic mass is 10.1. The van der Waals surface area contributed by atoms with E-state index in [1.807, 2.05) is 12.1 Å². The second kappa shape index (κ2) is 8.51. The molecule has 1 unspecified atom stereocenters. The Morgan fingerprint density at radius 1 is 1.00 bits per heavy atom. The molecule has 0 aromatic carbocycles. The molecule has 1 aliphatic carbocycles. The van der Waals surface area contributed by atoms with Crippen LogP contribution in [0.25, 0.3) is 34.1 Å². The molecule has 0 saturated heterocycles. The van der Waals surface area contributed by atoms with E-state index >= 15 is 0 Å². The van der Waals surface area contributed by atoms with Gasteiger partial charge in [-0.3, -0.25) is 9.55 Å². The maximum atomic E-state index is 13.9. The van der Waals surface area contributed by atoms with Crippen LogP contribution in [0.15, 0.2) is 35.6 Å². The van der Waals surface area contributed by atoms with Crippen molar-refractivity contribution >= 4 is 22.3 Å². The van der Waals surface area contributed by atoms with Crippen LogP contribution in [-0.4, -0.2) is 45.6 Å². The number of aryl methyl sites for hydroxylation is 1. The molecule has 0 bridgehead atoms. The molecule has 13 heteroatoms. The summed E-state index contributed by atoms with van der Waals surface area (Å²) in [7, 11) is 3.24. The molecule has 4 aromatic rings. The Morgan fingerprint density at radius 2 is 1.72 bits per heavy atom. The van der Waals surface area contributed by atoms with Gasteiger partial charge in [0.15, 0.2) is 17.2 Å². The lowest BCUT2D eigenvalue weighted by Gasteiger charge is -2.19. The van der Waals surface area contributed by atoms with Gasteiger partial charge in [-0.05, 0) is 38.0 Å². The van der Waals surface area contributed by atoms with Gasteiger partial charge in [-0.2, -0.15) is 22.0 Å². The Balaban J connectivity index is 1.64. The van der Waals surface area contributed by atoms with Crippen LogP contribution in [0, 0.1) is 0 Å². The monoisotopic (exact) mass is 524 g/mol. The largest absolute Gasteiger partial charge is 0.610 e. The zero-order valence-electron chi connectivity index (χ0n) is 19.5. The highest BCUT2D eigenvalue weighted by Gasteiger charge is 2.59. The lowest BCUT2D eigenvalue weighted by molar-refractivity contribution is -0.289. The average molecular weight is 525 g/mol. The fourth-order valence-electron chi connectivity index (χ4n) is 4.07. The van der Waals surface area contributed by atoms with Crippen LogP contribution in [0.4, 0.5) is 22.0 Å². The Hall–Kier alpha value is -3.06. The van der Waals surface area contributed by atoms with Gasteiger partial charge < -0.3 is 9.12 Å². The molecule has 0 N–H and O–H groups in total. The highest BCUT2D eigenvalue weighted by molar-refractivity contribution is 7.91. The van der Waals surface area contributed by atoms with Crippen molar-refractivity contribution in [2.75, 3.05) is 5.75 Å². The van der Waals surface area contributed by atoms with Crippen LogP contribution in [0.1, 0.15) is 36.9 Å². The summed E-state index contributed by atoms with van der Waals surface area (Å²) in [5.41, 5.74) is 0.522. The fourth-order valence-corrected chi connectivity index (χ4v) is 5.08. The lowest BCUT2D eigenvalue weighted by Crippen LogP contribution is -2.33. The molecular formula is C23H21F5N6OS. The van der Waals surface area contributed by atoms with E-state index in [0.717, 1.165) is 18.5 Å². The second-order valence-corrected chi connectivity index (χ2v) is 10.3. The Labute approximate surface area is 205 Å². The summed E-state index contributed by atoms with van der Waals surface area (Å²) in [5.74, 6) is -3.72. The molecule has 7 nitrogen and oxygen atoms in total. The predicted octanol–water partition coefficient (Wildman–Crippen LogP) is 5.09. The molecule has 1 atom stereocenters. The van der Waals surface area contributed by atoms with Crippen LogP contribution < -0.4 is 0 Å². The molecule has 190 valence electrons. The summed E-state index contributed by atoms with van der Waals surface area (Å²) in [5, 5.41) is 0.345. The summed E-state index contributed by atoms with van der Waals surface area (Å²) < 4.78 is 82.5. The fraction of sp³-hybridized carbons (Fsp3) is 0.391. The molecule has 4 aromatic heterocycles. The van der Waals surface area contributed by atoms with Gasteiger partial charge >= 0.3 is 12.1 Å². The van der Waals surface area contributed by atoms with Crippen molar-refractivity contribution in [1.82, 2.24) is 29.1 Å². The third-order valence-electron chi connectivity index (χ3n) is 6.20. The number of hydrogen-bond acceptors (Lipinski definition) is 5. The number of imidazole rings is 2. The number of hydrogen-bond donors (Lipinski definition) is 0. The molecule has 4 heterocycles. The van der Waals surface area contributed by atoms with Crippen molar-refractivity contribution in [3.63, 3.8) is 0 Å². The number of nitrogens with zero attached hydrogens (tertiary/aromatic N) is 6. The van der Waals surface area contributed by atoms with Crippen molar-refractivity contribution in [2.45, 2.75) is 42.8 Å². The minimum absolute atomic E-state index is 0.0858. The summed E-state index contributed by atoms with van der Waals surface area (Å²) in [6, 6.07) is 4.48. The topological polar surface area (TPSA) is 84.5 Å². The first-order chi connectivity index (χ1) is 16.9. The first kappa shape index (κ1) is 24.6. The SMILES string of the molecule is CC[S+]([O-])c1c(-c2nc3cc(C(F)(F)C(F)(F)F)cnc3n2C)nc(-c2ccc(C3CC3)nc2)n1C. The molecule has 0 aliphatic heterocycles. The van der Waals surface area contributed by atoms with E-state index in [1.54, 1.807) is 24.7 Å². The number of rotatable bonds is 6. The summed E-state index contributed by atoms with van der Waals surface area (Å²) >= 11 is -1.49. The van der Waals surface area contributed by atoms with E-state index in [9.17, 15) is 26.5 Å². The summed E-state index contributed by atoms with van der Waals surface area (Å²) in [6.45, 7) is 1.74. The van der Waals surface area contributed by atoms with Crippen molar-refractivity contribution in [2.24, 2.45) is 14.1 Å². The Kier molecular flexibility index (Phi) is 5.82. The third kappa shape index (κ3) is 3.94. The van der Waals surface area contributed by atoms with Crippen LogP contribution in [0.5, 0.6) is 0 Å².